The minimum atomic E-state index is -0.115. The number of rotatable bonds is 0. The summed E-state index contributed by atoms with van der Waals surface area (Å²) in [5, 5.41) is 0. The van der Waals surface area contributed by atoms with Gasteiger partial charge in [0.15, 0.2) is 5.78 Å². The van der Waals surface area contributed by atoms with Crippen LogP contribution in [-0.2, 0) is 9.59 Å². The van der Waals surface area contributed by atoms with E-state index in [9.17, 15) is 9.59 Å². The van der Waals surface area contributed by atoms with Crippen LogP contribution in [0, 0.1) is 5.92 Å². The third-order valence-electron chi connectivity index (χ3n) is 2.47. The average molecular weight is 162 g/mol. The van der Waals surface area contributed by atoms with Gasteiger partial charge in [-0.25, -0.2) is 0 Å². The Labute approximate surface area is 71.0 Å². The number of carbonyl (C=O) groups excluding carboxylic acids is 2. The summed E-state index contributed by atoms with van der Waals surface area (Å²) in [6, 6.07) is 0. The van der Waals surface area contributed by atoms with Gasteiger partial charge in [0.05, 0.1) is 0 Å². The normalized spacial score (nSPS) is 28.3. The quantitative estimate of drug-likeness (QED) is 0.539. The second-order valence-corrected chi connectivity index (χ2v) is 3.23. The van der Waals surface area contributed by atoms with Gasteiger partial charge in [0.1, 0.15) is 5.78 Å². The molecular formula is C10H10O2. The molecule has 0 aromatic heterocycles. The van der Waals surface area contributed by atoms with E-state index in [0.29, 0.717) is 12.8 Å². The lowest BCUT2D eigenvalue weighted by atomic mass is 9.78. The Kier molecular flexibility index (Phi) is 1.68. The average Bonchev–Trinajstić information content (AvgIpc) is 2.12. The standard InChI is InChI=1S/C10H10O2/c11-9-5-6-10(12)8-4-2-1-3-7(8)9/h1-3,8H,4-6H2. The fraction of sp³-hybridized carbons (Fsp3) is 0.400. The van der Waals surface area contributed by atoms with Gasteiger partial charge >= 0.3 is 0 Å². The second-order valence-electron chi connectivity index (χ2n) is 3.23. The van der Waals surface area contributed by atoms with E-state index in [0.717, 1.165) is 12.0 Å². The molecule has 0 N–H and O–H groups in total. The van der Waals surface area contributed by atoms with Crippen molar-refractivity contribution in [3.05, 3.63) is 23.8 Å². The van der Waals surface area contributed by atoms with Gasteiger partial charge in [-0.05, 0) is 6.42 Å². The van der Waals surface area contributed by atoms with Crippen LogP contribution in [-0.4, -0.2) is 11.6 Å². The summed E-state index contributed by atoms with van der Waals surface area (Å²) in [5.41, 5.74) is 0.730. The first kappa shape index (κ1) is 7.47. The molecule has 0 amide bonds. The van der Waals surface area contributed by atoms with Crippen LogP contribution >= 0.6 is 0 Å². The molecule has 0 bridgehead atoms. The van der Waals surface area contributed by atoms with Crippen LogP contribution in [0.4, 0.5) is 0 Å². The lowest BCUT2D eigenvalue weighted by Crippen LogP contribution is -2.28. The molecule has 0 aromatic rings. The van der Waals surface area contributed by atoms with Gasteiger partial charge in [-0.3, -0.25) is 9.59 Å². The summed E-state index contributed by atoms with van der Waals surface area (Å²) >= 11 is 0. The Balaban J connectivity index is 2.35. The van der Waals surface area contributed by atoms with E-state index in [-0.39, 0.29) is 17.5 Å². The Morgan fingerprint density at radius 1 is 1.25 bits per heavy atom. The van der Waals surface area contributed by atoms with Crippen molar-refractivity contribution in [1.82, 2.24) is 0 Å². The molecule has 12 heavy (non-hydrogen) atoms. The summed E-state index contributed by atoms with van der Waals surface area (Å²) in [6.45, 7) is 0. The number of allylic oxidation sites excluding steroid dienone is 4. The molecule has 62 valence electrons. The number of carbonyl (C=O) groups is 2. The molecule has 2 rings (SSSR count). The first-order valence-corrected chi connectivity index (χ1v) is 4.21. The molecule has 2 aliphatic rings. The van der Waals surface area contributed by atoms with Gasteiger partial charge in [0.25, 0.3) is 0 Å². The van der Waals surface area contributed by atoms with E-state index in [1.54, 1.807) is 6.08 Å². The number of fused-ring (bicyclic) bond motifs is 1. The van der Waals surface area contributed by atoms with Gasteiger partial charge in [-0.15, -0.1) is 0 Å². The van der Waals surface area contributed by atoms with Gasteiger partial charge in [-0.1, -0.05) is 18.2 Å². The second kappa shape index (κ2) is 2.70. The molecule has 1 fully saturated rings. The fourth-order valence-electron chi connectivity index (χ4n) is 1.78. The van der Waals surface area contributed by atoms with Gasteiger partial charge in [0.2, 0.25) is 0 Å². The zero-order valence-electron chi connectivity index (χ0n) is 6.75. The third kappa shape index (κ3) is 1.04. The van der Waals surface area contributed by atoms with Crippen molar-refractivity contribution >= 4 is 11.6 Å². The van der Waals surface area contributed by atoms with Gasteiger partial charge in [-0.2, -0.15) is 0 Å². The van der Waals surface area contributed by atoms with Crippen LogP contribution < -0.4 is 0 Å². The van der Waals surface area contributed by atoms with Crippen molar-refractivity contribution in [3.63, 3.8) is 0 Å². The first-order chi connectivity index (χ1) is 5.79. The Hall–Kier alpha value is -1.18. The molecule has 2 heteroatoms. The molecule has 0 aliphatic heterocycles. The Morgan fingerprint density at radius 3 is 2.83 bits per heavy atom. The summed E-state index contributed by atoms with van der Waals surface area (Å²) in [4.78, 5) is 22.7. The van der Waals surface area contributed by atoms with Crippen molar-refractivity contribution in [1.29, 1.82) is 0 Å². The predicted octanol–water partition coefficient (Wildman–Crippen LogP) is 1.42. The lowest BCUT2D eigenvalue weighted by molar-refractivity contribution is -0.128. The molecule has 0 spiro atoms. The maximum atomic E-state index is 11.3. The Morgan fingerprint density at radius 2 is 2.08 bits per heavy atom. The molecule has 2 nitrogen and oxygen atoms in total. The predicted molar refractivity (Wildman–Crippen MR) is 44.6 cm³/mol. The lowest BCUT2D eigenvalue weighted by Gasteiger charge is -2.23. The largest absolute Gasteiger partial charge is 0.299 e. The highest BCUT2D eigenvalue weighted by atomic mass is 16.1. The molecule has 0 heterocycles. The van der Waals surface area contributed by atoms with Crippen LogP contribution in [0.5, 0.6) is 0 Å². The SMILES string of the molecule is O=C1CCC(=O)C2CC=CC=C12. The number of ketones is 2. The smallest absolute Gasteiger partial charge is 0.160 e. The zero-order valence-corrected chi connectivity index (χ0v) is 6.75. The van der Waals surface area contributed by atoms with Crippen molar-refractivity contribution in [2.75, 3.05) is 0 Å². The van der Waals surface area contributed by atoms with E-state index >= 15 is 0 Å². The summed E-state index contributed by atoms with van der Waals surface area (Å²) in [5.74, 6) is 0.269. The van der Waals surface area contributed by atoms with Crippen LogP contribution in [0.25, 0.3) is 0 Å². The summed E-state index contributed by atoms with van der Waals surface area (Å²) < 4.78 is 0. The van der Waals surface area contributed by atoms with E-state index in [1.807, 2.05) is 12.2 Å². The van der Waals surface area contributed by atoms with E-state index in [4.69, 9.17) is 0 Å². The number of hydrogen-bond acceptors (Lipinski definition) is 2. The van der Waals surface area contributed by atoms with Crippen LogP contribution in [0.1, 0.15) is 19.3 Å². The number of hydrogen-bond donors (Lipinski definition) is 0. The monoisotopic (exact) mass is 162 g/mol. The van der Waals surface area contributed by atoms with Crippen LogP contribution in [0.15, 0.2) is 23.8 Å². The molecule has 2 aliphatic carbocycles. The minimum Gasteiger partial charge on any atom is -0.299 e. The van der Waals surface area contributed by atoms with E-state index in [1.165, 1.54) is 0 Å². The fourth-order valence-corrected chi connectivity index (χ4v) is 1.78. The van der Waals surface area contributed by atoms with Crippen molar-refractivity contribution in [3.8, 4) is 0 Å². The Bertz CT molecular complexity index is 297. The maximum absolute atomic E-state index is 11.3. The highest BCUT2D eigenvalue weighted by Gasteiger charge is 2.31. The molecule has 1 atom stereocenters. The van der Waals surface area contributed by atoms with Crippen LogP contribution in [0.3, 0.4) is 0 Å². The molecule has 1 unspecified atom stereocenters. The molecule has 1 saturated carbocycles. The topological polar surface area (TPSA) is 34.1 Å². The van der Waals surface area contributed by atoms with Crippen molar-refractivity contribution < 1.29 is 9.59 Å². The maximum Gasteiger partial charge on any atom is 0.160 e. The minimum absolute atomic E-state index is 0.115. The third-order valence-corrected chi connectivity index (χ3v) is 2.47. The summed E-state index contributed by atoms with van der Waals surface area (Å²) in [6.07, 6.45) is 7.17. The van der Waals surface area contributed by atoms with Gasteiger partial charge in [0, 0.05) is 24.3 Å². The molecule has 0 radical (unpaired) electrons. The van der Waals surface area contributed by atoms with Crippen molar-refractivity contribution in [2.24, 2.45) is 5.92 Å². The molecular weight excluding hydrogens is 152 g/mol. The van der Waals surface area contributed by atoms with Crippen LogP contribution in [0.2, 0.25) is 0 Å². The van der Waals surface area contributed by atoms with E-state index in [2.05, 4.69) is 0 Å². The molecule has 0 aromatic carbocycles. The van der Waals surface area contributed by atoms with Gasteiger partial charge < -0.3 is 0 Å². The molecule has 0 saturated heterocycles. The number of Topliss-reactive ketones (excluding diaryl/α,β-unsaturated/α-hetero) is 2. The highest BCUT2D eigenvalue weighted by Crippen LogP contribution is 2.29. The first-order valence-electron chi connectivity index (χ1n) is 4.21. The van der Waals surface area contributed by atoms with E-state index < -0.39 is 0 Å². The van der Waals surface area contributed by atoms with Crippen molar-refractivity contribution in [2.45, 2.75) is 19.3 Å². The highest BCUT2D eigenvalue weighted by molar-refractivity contribution is 6.07. The summed E-state index contributed by atoms with van der Waals surface area (Å²) in [7, 11) is 0. The zero-order chi connectivity index (χ0) is 8.55.